The van der Waals surface area contributed by atoms with Crippen molar-refractivity contribution in [1.29, 1.82) is 0 Å². The molecule has 0 bridgehead atoms. The Bertz CT molecular complexity index is 756. The number of rotatable bonds is 4. The first kappa shape index (κ1) is 16.0. The van der Waals surface area contributed by atoms with Crippen LogP contribution in [0.5, 0.6) is 0 Å². The van der Waals surface area contributed by atoms with Crippen molar-refractivity contribution in [2.75, 3.05) is 18.5 Å². The molecule has 0 aliphatic rings. The molecule has 2 rings (SSSR count). The quantitative estimate of drug-likeness (QED) is 0.753. The number of halogens is 1. The largest absolute Gasteiger partial charge is 0.465 e. The predicted molar refractivity (Wildman–Crippen MR) is 85.4 cm³/mol. The molecule has 1 heterocycles. The van der Waals surface area contributed by atoms with E-state index in [-0.39, 0.29) is 10.5 Å². The second kappa shape index (κ2) is 6.17. The van der Waals surface area contributed by atoms with Gasteiger partial charge in [0.1, 0.15) is 4.90 Å². The monoisotopic (exact) mass is 389 g/mol. The van der Waals surface area contributed by atoms with Gasteiger partial charge >= 0.3 is 5.97 Å². The number of anilines is 1. The number of nitrogens with zero attached hydrogens (tertiary/aromatic N) is 1. The van der Waals surface area contributed by atoms with Gasteiger partial charge in [0.2, 0.25) is 0 Å². The van der Waals surface area contributed by atoms with Gasteiger partial charge < -0.3 is 4.74 Å². The molecule has 0 N–H and O–H groups in total. The van der Waals surface area contributed by atoms with Crippen molar-refractivity contribution >= 4 is 48.9 Å². The zero-order chi connectivity index (χ0) is 15.6. The molecule has 21 heavy (non-hydrogen) atoms. The SMILES string of the molecule is COC(=O)c1ccc(Br)cc1S(=O)(=O)N(C)c1ccsc1. The van der Waals surface area contributed by atoms with Crippen LogP contribution in [0.3, 0.4) is 0 Å². The van der Waals surface area contributed by atoms with Crippen LogP contribution in [-0.4, -0.2) is 28.5 Å². The van der Waals surface area contributed by atoms with Crippen LogP contribution in [-0.2, 0) is 14.8 Å². The third kappa shape index (κ3) is 3.12. The summed E-state index contributed by atoms with van der Waals surface area (Å²) in [5.74, 6) is -0.695. The number of benzene rings is 1. The Hall–Kier alpha value is -1.38. The van der Waals surface area contributed by atoms with Crippen molar-refractivity contribution in [1.82, 2.24) is 0 Å². The van der Waals surface area contributed by atoms with Gasteiger partial charge in [-0.3, -0.25) is 4.31 Å². The number of thiophene rings is 1. The van der Waals surface area contributed by atoms with Crippen LogP contribution in [0.15, 0.2) is 44.4 Å². The lowest BCUT2D eigenvalue weighted by Crippen LogP contribution is -2.28. The van der Waals surface area contributed by atoms with E-state index >= 15 is 0 Å². The van der Waals surface area contributed by atoms with E-state index in [0.29, 0.717) is 10.2 Å². The number of esters is 1. The van der Waals surface area contributed by atoms with Gasteiger partial charge in [-0.2, -0.15) is 11.3 Å². The normalized spacial score (nSPS) is 11.2. The number of sulfonamides is 1. The molecule has 0 radical (unpaired) electrons. The molecule has 8 heteroatoms. The van der Waals surface area contributed by atoms with Crippen molar-refractivity contribution in [3.8, 4) is 0 Å². The predicted octanol–water partition coefficient (Wildman–Crippen LogP) is 3.12. The summed E-state index contributed by atoms with van der Waals surface area (Å²) < 4.78 is 31.8. The Labute approximate surface area is 135 Å². The molecule has 2 aromatic rings. The molecule has 0 saturated heterocycles. The highest BCUT2D eigenvalue weighted by Gasteiger charge is 2.28. The molecule has 0 unspecified atom stereocenters. The average molecular weight is 390 g/mol. The molecule has 0 aliphatic heterocycles. The lowest BCUT2D eigenvalue weighted by atomic mass is 10.2. The van der Waals surface area contributed by atoms with E-state index in [1.165, 1.54) is 37.6 Å². The second-order valence-corrected chi connectivity index (χ2v) is 7.72. The van der Waals surface area contributed by atoms with Crippen LogP contribution in [0.1, 0.15) is 10.4 Å². The van der Waals surface area contributed by atoms with Gasteiger partial charge in [-0.05, 0) is 29.6 Å². The average Bonchev–Trinajstić information content (AvgIpc) is 2.99. The lowest BCUT2D eigenvalue weighted by molar-refractivity contribution is 0.0596. The van der Waals surface area contributed by atoms with Crippen molar-refractivity contribution in [3.05, 3.63) is 45.1 Å². The smallest absolute Gasteiger partial charge is 0.339 e. The molecule has 0 fully saturated rings. The number of hydrogen-bond acceptors (Lipinski definition) is 5. The summed E-state index contributed by atoms with van der Waals surface area (Å²) in [6.07, 6.45) is 0. The Balaban J connectivity index is 2.59. The van der Waals surface area contributed by atoms with Gasteiger partial charge in [0.15, 0.2) is 0 Å². The fourth-order valence-corrected chi connectivity index (χ4v) is 4.35. The maximum absolute atomic E-state index is 12.7. The Morgan fingerprint density at radius 1 is 1.33 bits per heavy atom. The van der Waals surface area contributed by atoms with Crippen molar-refractivity contribution in [2.45, 2.75) is 4.90 Å². The number of methoxy groups -OCH3 is 1. The van der Waals surface area contributed by atoms with E-state index in [0.717, 1.165) is 4.31 Å². The van der Waals surface area contributed by atoms with Gasteiger partial charge in [-0.25, -0.2) is 13.2 Å². The zero-order valence-electron chi connectivity index (χ0n) is 11.2. The van der Waals surface area contributed by atoms with Gasteiger partial charge in [0, 0.05) is 16.9 Å². The molecule has 0 amide bonds. The van der Waals surface area contributed by atoms with Crippen molar-refractivity contribution in [3.63, 3.8) is 0 Å². The topological polar surface area (TPSA) is 63.7 Å². The second-order valence-electron chi connectivity index (χ2n) is 4.09. The number of carbonyl (C=O) groups is 1. The third-order valence-corrected chi connectivity index (χ3v) is 5.85. The minimum atomic E-state index is -3.86. The van der Waals surface area contributed by atoms with E-state index in [1.807, 2.05) is 0 Å². The number of ether oxygens (including phenoxy) is 1. The summed E-state index contributed by atoms with van der Waals surface area (Å²) in [5.41, 5.74) is 0.540. The van der Waals surface area contributed by atoms with Crippen LogP contribution in [0, 0.1) is 0 Å². The molecule has 1 aromatic carbocycles. The number of carbonyl (C=O) groups excluding carboxylic acids is 1. The minimum Gasteiger partial charge on any atom is -0.465 e. The van der Waals surface area contributed by atoms with Crippen molar-refractivity contribution < 1.29 is 17.9 Å². The summed E-state index contributed by atoms with van der Waals surface area (Å²) in [6.45, 7) is 0. The van der Waals surface area contributed by atoms with Gasteiger partial charge in [-0.1, -0.05) is 15.9 Å². The standard InChI is InChI=1S/C13H12BrNO4S2/c1-15(10-5-6-20-8-10)21(17,18)12-7-9(14)3-4-11(12)13(16)19-2/h3-8H,1-2H3. The maximum atomic E-state index is 12.7. The van der Waals surface area contributed by atoms with Crippen LogP contribution < -0.4 is 4.31 Å². The lowest BCUT2D eigenvalue weighted by Gasteiger charge is -2.19. The fourth-order valence-electron chi connectivity index (χ4n) is 1.71. The summed E-state index contributed by atoms with van der Waals surface area (Å²) in [6, 6.07) is 6.10. The summed E-state index contributed by atoms with van der Waals surface area (Å²) in [5, 5.41) is 3.50. The van der Waals surface area contributed by atoms with Crippen LogP contribution in [0.2, 0.25) is 0 Å². The molecular weight excluding hydrogens is 378 g/mol. The summed E-state index contributed by atoms with van der Waals surface area (Å²) >= 11 is 4.62. The first-order chi connectivity index (χ1) is 9.87. The maximum Gasteiger partial charge on any atom is 0.339 e. The molecule has 0 saturated carbocycles. The summed E-state index contributed by atoms with van der Waals surface area (Å²) in [7, 11) is -1.21. The zero-order valence-corrected chi connectivity index (χ0v) is 14.5. The van der Waals surface area contributed by atoms with E-state index in [9.17, 15) is 13.2 Å². The Kier molecular flexibility index (Phi) is 4.70. The van der Waals surface area contributed by atoms with Gasteiger partial charge in [0.05, 0.1) is 18.4 Å². The molecule has 0 atom stereocenters. The molecule has 5 nitrogen and oxygen atoms in total. The highest BCUT2D eigenvalue weighted by molar-refractivity contribution is 9.10. The fraction of sp³-hybridized carbons (Fsp3) is 0.154. The molecule has 0 aliphatic carbocycles. The van der Waals surface area contributed by atoms with Gasteiger partial charge in [-0.15, -0.1) is 0 Å². The highest BCUT2D eigenvalue weighted by Crippen LogP contribution is 2.28. The number of hydrogen-bond donors (Lipinski definition) is 0. The molecular formula is C13H12BrNO4S2. The van der Waals surface area contributed by atoms with Crippen molar-refractivity contribution in [2.24, 2.45) is 0 Å². The van der Waals surface area contributed by atoms with Gasteiger partial charge in [0.25, 0.3) is 10.0 Å². The van der Waals surface area contributed by atoms with E-state index in [4.69, 9.17) is 0 Å². The Morgan fingerprint density at radius 3 is 2.62 bits per heavy atom. The molecule has 1 aromatic heterocycles. The third-order valence-electron chi connectivity index (χ3n) is 2.86. The first-order valence-electron chi connectivity index (χ1n) is 5.77. The van der Waals surface area contributed by atoms with E-state index in [2.05, 4.69) is 20.7 Å². The first-order valence-corrected chi connectivity index (χ1v) is 8.94. The molecule has 112 valence electrons. The van der Waals surface area contributed by atoms with E-state index in [1.54, 1.807) is 22.9 Å². The molecule has 0 spiro atoms. The summed E-state index contributed by atoms with van der Waals surface area (Å²) in [4.78, 5) is 11.7. The highest BCUT2D eigenvalue weighted by atomic mass is 79.9. The van der Waals surface area contributed by atoms with E-state index < -0.39 is 16.0 Å². The van der Waals surface area contributed by atoms with Crippen LogP contribution in [0.4, 0.5) is 5.69 Å². The minimum absolute atomic E-state index is 0.00257. The van der Waals surface area contributed by atoms with Crippen LogP contribution in [0.25, 0.3) is 0 Å². The Morgan fingerprint density at radius 2 is 2.05 bits per heavy atom. The van der Waals surface area contributed by atoms with Crippen LogP contribution >= 0.6 is 27.3 Å².